The molecule has 0 spiro atoms. The van der Waals surface area contributed by atoms with Gasteiger partial charge in [0.15, 0.2) is 16.7 Å². The zero-order valence-corrected chi connectivity index (χ0v) is 18.1. The third kappa shape index (κ3) is 5.64. The number of esters is 1. The molecule has 0 aliphatic carbocycles. The molecule has 11 heteroatoms. The van der Waals surface area contributed by atoms with Gasteiger partial charge in [-0.2, -0.15) is 0 Å². The number of benzene rings is 1. The lowest BCUT2D eigenvalue weighted by molar-refractivity contribution is -0.113. The van der Waals surface area contributed by atoms with Crippen molar-refractivity contribution >= 4 is 35.2 Å². The predicted octanol–water partition coefficient (Wildman–Crippen LogP) is 2.50. The first-order chi connectivity index (χ1) is 15.5. The van der Waals surface area contributed by atoms with E-state index in [1.807, 2.05) is 0 Å². The van der Waals surface area contributed by atoms with Crippen LogP contribution in [0.1, 0.15) is 26.7 Å². The number of allylic oxidation sites excluding steroid dienone is 1. The van der Waals surface area contributed by atoms with E-state index in [9.17, 15) is 14.4 Å². The van der Waals surface area contributed by atoms with E-state index >= 15 is 0 Å². The summed E-state index contributed by atoms with van der Waals surface area (Å²) in [5.41, 5.74) is 0.622. The van der Waals surface area contributed by atoms with E-state index in [1.165, 1.54) is 25.1 Å². The molecule has 0 saturated heterocycles. The Morgan fingerprint density at radius 1 is 1.22 bits per heavy atom. The second-order valence-electron chi connectivity index (χ2n) is 6.33. The van der Waals surface area contributed by atoms with Gasteiger partial charge in [-0.05, 0) is 24.3 Å². The molecule has 2 amide bonds. The summed E-state index contributed by atoms with van der Waals surface area (Å²) in [5.74, 6) is -0.514. The fraction of sp³-hybridized carbons (Fsp3) is 0.190. The van der Waals surface area contributed by atoms with Gasteiger partial charge in [-0.3, -0.25) is 9.59 Å². The number of methoxy groups -OCH3 is 1. The Hall–Kier alpha value is -3.86. The van der Waals surface area contributed by atoms with Crippen LogP contribution in [0.2, 0.25) is 0 Å². The van der Waals surface area contributed by atoms with Gasteiger partial charge in [0.25, 0.3) is 5.91 Å². The maximum absolute atomic E-state index is 12.4. The Labute approximate surface area is 188 Å². The minimum atomic E-state index is -0.541. The van der Waals surface area contributed by atoms with Crippen LogP contribution in [0.3, 0.4) is 0 Å². The molecule has 0 bridgehead atoms. The average molecular weight is 455 g/mol. The Kier molecular flexibility index (Phi) is 7.81. The number of nitrogens with zero attached hydrogens (tertiary/aromatic N) is 3. The molecule has 0 aliphatic heterocycles. The van der Waals surface area contributed by atoms with Gasteiger partial charge in [0.05, 0.1) is 36.9 Å². The van der Waals surface area contributed by atoms with E-state index in [0.717, 1.165) is 0 Å². The molecule has 1 aromatic carbocycles. The number of carbonyl (C=O) groups is 3. The molecule has 2 N–H and O–H groups in total. The fourth-order valence-electron chi connectivity index (χ4n) is 2.72. The van der Waals surface area contributed by atoms with Gasteiger partial charge in [0, 0.05) is 6.54 Å². The van der Waals surface area contributed by atoms with Crippen LogP contribution in [0.4, 0.5) is 5.69 Å². The van der Waals surface area contributed by atoms with E-state index in [2.05, 4.69) is 27.4 Å². The van der Waals surface area contributed by atoms with Crippen LogP contribution >= 0.6 is 11.8 Å². The van der Waals surface area contributed by atoms with Crippen LogP contribution in [-0.2, 0) is 22.6 Å². The number of carbonyl (C=O) groups excluding carboxylic acids is 3. The zero-order valence-electron chi connectivity index (χ0n) is 17.2. The van der Waals surface area contributed by atoms with Crippen molar-refractivity contribution in [1.82, 2.24) is 20.1 Å². The lowest BCUT2D eigenvalue weighted by atomic mass is 10.2. The number of rotatable bonds is 10. The van der Waals surface area contributed by atoms with Crippen LogP contribution in [0.25, 0.3) is 0 Å². The molecule has 166 valence electrons. The Morgan fingerprint density at radius 2 is 2.03 bits per heavy atom. The smallest absolute Gasteiger partial charge is 0.339 e. The lowest BCUT2D eigenvalue weighted by Crippen LogP contribution is -2.24. The number of aromatic nitrogens is 3. The molecule has 0 saturated carbocycles. The molecular formula is C21H21N5O5S. The lowest BCUT2D eigenvalue weighted by Gasteiger charge is -2.10. The minimum absolute atomic E-state index is 0.0313. The van der Waals surface area contributed by atoms with Gasteiger partial charge >= 0.3 is 5.97 Å². The maximum atomic E-state index is 12.4. The molecule has 0 radical (unpaired) electrons. The third-order valence-electron chi connectivity index (χ3n) is 4.20. The molecule has 10 nitrogen and oxygen atoms in total. The van der Waals surface area contributed by atoms with E-state index in [0.29, 0.717) is 23.2 Å². The van der Waals surface area contributed by atoms with Crippen LogP contribution in [-0.4, -0.2) is 45.4 Å². The van der Waals surface area contributed by atoms with Crippen LogP contribution in [0.15, 0.2) is 64.9 Å². The summed E-state index contributed by atoms with van der Waals surface area (Å²) in [6, 6.07) is 9.76. The second-order valence-corrected chi connectivity index (χ2v) is 7.27. The van der Waals surface area contributed by atoms with Crippen molar-refractivity contribution in [3.8, 4) is 0 Å². The van der Waals surface area contributed by atoms with E-state index in [4.69, 9.17) is 9.15 Å². The van der Waals surface area contributed by atoms with Gasteiger partial charge in [-0.15, -0.1) is 16.8 Å². The minimum Gasteiger partial charge on any atom is -0.465 e. The molecule has 2 aromatic heterocycles. The van der Waals surface area contributed by atoms with Crippen molar-refractivity contribution in [3.05, 3.63) is 72.5 Å². The molecule has 3 rings (SSSR count). The van der Waals surface area contributed by atoms with E-state index < -0.39 is 5.97 Å². The highest BCUT2D eigenvalue weighted by molar-refractivity contribution is 7.99. The van der Waals surface area contributed by atoms with Crippen LogP contribution in [0, 0.1) is 0 Å². The summed E-state index contributed by atoms with van der Waals surface area (Å²) in [4.78, 5) is 36.4. The third-order valence-corrected chi connectivity index (χ3v) is 5.16. The zero-order chi connectivity index (χ0) is 22.9. The van der Waals surface area contributed by atoms with Crippen molar-refractivity contribution in [2.24, 2.45) is 0 Å². The molecule has 0 aliphatic rings. The summed E-state index contributed by atoms with van der Waals surface area (Å²) in [6.45, 7) is 4.25. The molecule has 0 fully saturated rings. The number of nitrogens with one attached hydrogen (secondary N) is 2. The van der Waals surface area contributed by atoms with Gasteiger partial charge in [-0.1, -0.05) is 30.0 Å². The summed E-state index contributed by atoms with van der Waals surface area (Å²) in [6.07, 6.45) is 3.08. The molecule has 2 heterocycles. The highest BCUT2D eigenvalue weighted by Crippen LogP contribution is 2.20. The van der Waals surface area contributed by atoms with E-state index in [-0.39, 0.29) is 35.4 Å². The molecule has 0 unspecified atom stereocenters. The van der Waals surface area contributed by atoms with Crippen molar-refractivity contribution in [2.75, 3.05) is 18.2 Å². The summed E-state index contributed by atoms with van der Waals surface area (Å²) in [7, 11) is 1.28. The van der Waals surface area contributed by atoms with Crippen molar-refractivity contribution in [2.45, 2.75) is 18.2 Å². The highest BCUT2D eigenvalue weighted by Gasteiger charge is 2.17. The number of furan rings is 1. The average Bonchev–Trinajstić information content (AvgIpc) is 3.47. The first-order valence-corrected chi connectivity index (χ1v) is 10.5. The Bertz CT molecular complexity index is 1110. The maximum Gasteiger partial charge on any atom is 0.339 e. The second kappa shape index (κ2) is 11.0. The standard InChI is InChI=1S/C21H21N5O5S/c1-3-10-26-17(12-22-19(28)16-9-6-11-31-16)24-25-21(26)32-13-18(27)23-15-8-5-4-7-14(15)20(29)30-2/h3-9,11H,1,10,12-13H2,2H3,(H,22,28)(H,23,27). The first kappa shape index (κ1) is 22.8. The predicted molar refractivity (Wildman–Crippen MR) is 117 cm³/mol. The molecule has 0 atom stereocenters. The SMILES string of the molecule is C=CCn1c(CNC(=O)c2ccco2)nnc1SCC(=O)Nc1ccccc1C(=O)OC. The molecule has 32 heavy (non-hydrogen) atoms. The van der Waals surface area contributed by atoms with Gasteiger partial charge < -0.3 is 24.4 Å². The van der Waals surface area contributed by atoms with Crippen molar-refractivity contribution in [1.29, 1.82) is 0 Å². The van der Waals surface area contributed by atoms with Gasteiger partial charge in [0.2, 0.25) is 5.91 Å². The molecule has 3 aromatic rings. The van der Waals surface area contributed by atoms with Gasteiger partial charge in [-0.25, -0.2) is 4.79 Å². The quantitative estimate of drug-likeness (QED) is 0.271. The van der Waals surface area contributed by atoms with Gasteiger partial charge in [0.1, 0.15) is 0 Å². The number of amides is 2. The largest absolute Gasteiger partial charge is 0.465 e. The monoisotopic (exact) mass is 455 g/mol. The molecular weight excluding hydrogens is 434 g/mol. The number of thioether (sulfide) groups is 1. The number of hydrogen-bond donors (Lipinski definition) is 2. The number of para-hydroxylation sites is 1. The van der Waals surface area contributed by atoms with Crippen molar-refractivity contribution < 1.29 is 23.5 Å². The Morgan fingerprint density at radius 3 is 2.75 bits per heavy atom. The van der Waals surface area contributed by atoms with Crippen molar-refractivity contribution in [3.63, 3.8) is 0 Å². The summed E-state index contributed by atoms with van der Waals surface area (Å²) < 4.78 is 11.5. The Balaban J connectivity index is 1.62. The number of hydrogen-bond acceptors (Lipinski definition) is 8. The number of anilines is 1. The highest BCUT2D eigenvalue weighted by atomic mass is 32.2. The summed E-state index contributed by atoms with van der Waals surface area (Å²) in [5, 5.41) is 14.1. The number of ether oxygens (including phenoxy) is 1. The van der Waals surface area contributed by atoms with Crippen LogP contribution in [0.5, 0.6) is 0 Å². The van der Waals surface area contributed by atoms with Crippen LogP contribution < -0.4 is 10.6 Å². The topological polar surface area (TPSA) is 128 Å². The first-order valence-electron chi connectivity index (χ1n) is 9.48. The summed E-state index contributed by atoms with van der Waals surface area (Å²) >= 11 is 1.17. The van der Waals surface area contributed by atoms with E-state index in [1.54, 1.807) is 47.0 Å². The normalized spacial score (nSPS) is 10.4. The fourth-order valence-corrected chi connectivity index (χ4v) is 3.49.